The highest BCUT2D eigenvalue weighted by Gasteiger charge is 2.27. The molecule has 0 unspecified atom stereocenters. The van der Waals surface area contributed by atoms with Gasteiger partial charge in [-0.25, -0.2) is 9.97 Å². The van der Waals surface area contributed by atoms with Crippen LogP contribution in [-0.4, -0.2) is 43.6 Å². The Labute approximate surface area is 152 Å². The second-order valence-corrected chi connectivity index (χ2v) is 7.21. The minimum absolute atomic E-state index is 0.489. The van der Waals surface area contributed by atoms with Crippen molar-refractivity contribution in [2.24, 2.45) is 0 Å². The number of fused-ring (bicyclic) bond motifs is 3. The van der Waals surface area contributed by atoms with Crippen LogP contribution in [0.3, 0.4) is 0 Å². The van der Waals surface area contributed by atoms with Crippen LogP contribution in [0.2, 0.25) is 0 Å². The Bertz CT molecular complexity index is 903. The largest absolute Gasteiger partial charge is 0.472 e. The number of imidazole rings is 1. The van der Waals surface area contributed by atoms with Gasteiger partial charge in [-0.2, -0.15) is 0 Å². The molecule has 134 valence electrons. The lowest BCUT2D eigenvalue weighted by molar-refractivity contribution is 0.130. The number of aromatic nitrogens is 4. The van der Waals surface area contributed by atoms with E-state index in [0.717, 1.165) is 43.2 Å². The van der Waals surface area contributed by atoms with Crippen molar-refractivity contribution in [1.29, 1.82) is 0 Å². The Morgan fingerprint density at radius 1 is 1.12 bits per heavy atom. The van der Waals surface area contributed by atoms with E-state index in [1.54, 1.807) is 18.6 Å². The summed E-state index contributed by atoms with van der Waals surface area (Å²) in [6, 6.07) is 7.21. The van der Waals surface area contributed by atoms with Gasteiger partial charge in [0.05, 0.1) is 17.2 Å². The highest BCUT2D eigenvalue weighted by atomic mass is 16.5. The Balaban J connectivity index is 1.36. The molecule has 5 rings (SSSR count). The van der Waals surface area contributed by atoms with Gasteiger partial charge in [-0.3, -0.25) is 9.88 Å². The third kappa shape index (κ3) is 2.94. The van der Waals surface area contributed by atoms with Crippen molar-refractivity contribution in [3.05, 3.63) is 48.2 Å². The predicted molar refractivity (Wildman–Crippen MR) is 99.0 cm³/mol. The fourth-order valence-corrected chi connectivity index (χ4v) is 3.97. The zero-order chi connectivity index (χ0) is 17.3. The maximum absolute atomic E-state index is 5.75. The first-order valence-electron chi connectivity index (χ1n) is 9.48. The van der Waals surface area contributed by atoms with Crippen LogP contribution in [-0.2, 0) is 19.6 Å². The van der Waals surface area contributed by atoms with Gasteiger partial charge < -0.3 is 9.30 Å². The SMILES string of the molecule is c1cnc(OCc2ccc3nc4n(c3c2)CCN(C2CCC2)CC4)cn1. The summed E-state index contributed by atoms with van der Waals surface area (Å²) < 4.78 is 8.15. The molecule has 26 heavy (non-hydrogen) atoms. The normalized spacial score (nSPS) is 18.3. The molecule has 2 aromatic heterocycles. The average Bonchev–Trinajstić information content (AvgIpc) is 2.85. The predicted octanol–water partition coefficient (Wildman–Crippen LogP) is 2.82. The summed E-state index contributed by atoms with van der Waals surface area (Å²) in [5.74, 6) is 1.77. The molecule has 0 saturated heterocycles. The average molecular weight is 349 g/mol. The van der Waals surface area contributed by atoms with E-state index in [2.05, 4.69) is 37.6 Å². The molecule has 1 fully saturated rings. The van der Waals surface area contributed by atoms with E-state index >= 15 is 0 Å². The Morgan fingerprint density at radius 3 is 2.88 bits per heavy atom. The van der Waals surface area contributed by atoms with E-state index in [0.29, 0.717) is 12.5 Å². The van der Waals surface area contributed by atoms with Crippen molar-refractivity contribution in [2.75, 3.05) is 13.1 Å². The highest BCUT2D eigenvalue weighted by Crippen LogP contribution is 2.27. The van der Waals surface area contributed by atoms with Crippen LogP contribution in [0, 0.1) is 0 Å². The van der Waals surface area contributed by atoms with Crippen molar-refractivity contribution in [2.45, 2.75) is 44.9 Å². The lowest BCUT2D eigenvalue weighted by atomic mass is 9.91. The summed E-state index contributed by atoms with van der Waals surface area (Å²) >= 11 is 0. The molecule has 0 atom stereocenters. The summed E-state index contributed by atoms with van der Waals surface area (Å²) in [5, 5.41) is 0. The third-order valence-electron chi connectivity index (χ3n) is 5.64. The fraction of sp³-hybridized carbons (Fsp3) is 0.450. The smallest absolute Gasteiger partial charge is 0.232 e. The van der Waals surface area contributed by atoms with Crippen LogP contribution in [0.1, 0.15) is 30.7 Å². The topological polar surface area (TPSA) is 56.1 Å². The van der Waals surface area contributed by atoms with Crippen LogP contribution in [0.15, 0.2) is 36.8 Å². The second kappa shape index (κ2) is 6.68. The maximum Gasteiger partial charge on any atom is 0.232 e. The van der Waals surface area contributed by atoms with E-state index in [9.17, 15) is 0 Å². The van der Waals surface area contributed by atoms with Gasteiger partial charge >= 0.3 is 0 Å². The quantitative estimate of drug-likeness (QED) is 0.725. The summed E-state index contributed by atoms with van der Waals surface area (Å²) in [4.78, 5) is 15.7. The zero-order valence-electron chi connectivity index (χ0n) is 14.8. The third-order valence-corrected chi connectivity index (χ3v) is 5.64. The van der Waals surface area contributed by atoms with Gasteiger partial charge in [0.25, 0.3) is 0 Å². The van der Waals surface area contributed by atoms with Crippen molar-refractivity contribution in [1.82, 2.24) is 24.4 Å². The van der Waals surface area contributed by atoms with Crippen molar-refractivity contribution in [3.63, 3.8) is 0 Å². The minimum atomic E-state index is 0.489. The van der Waals surface area contributed by atoms with E-state index in [-0.39, 0.29) is 0 Å². The zero-order valence-corrected chi connectivity index (χ0v) is 14.8. The van der Waals surface area contributed by atoms with E-state index in [1.165, 1.54) is 30.6 Å². The van der Waals surface area contributed by atoms with Gasteiger partial charge in [0, 0.05) is 44.5 Å². The van der Waals surface area contributed by atoms with Gasteiger partial charge in [-0.15, -0.1) is 0 Å². The van der Waals surface area contributed by atoms with Gasteiger partial charge in [-0.1, -0.05) is 12.5 Å². The van der Waals surface area contributed by atoms with E-state index < -0.39 is 0 Å². The van der Waals surface area contributed by atoms with Crippen molar-refractivity contribution >= 4 is 11.0 Å². The number of hydrogen-bond acceptors (Lipinski definition) is 5. The molecule has 1 aliphatic heterocycles. The van der Waals surface area contributed by atoms with Crippen LogP contribution in [0.4, 0.5) is 0 Å². The van der Waals surface area contributed by atoms with Gasteiger partial charge in [0.15, 0.2) is 0 Å². The second-order valence-electron chi connectivity index (χ2n) is 7.21. The number of benzene rings is 1. The molecule has 0 amide bonds. The molecule has 3 aromatic rings. The van der Waals surface area contributed by atoms with E-state index in [4.69, 9.17) is 9.72 Å². The van der Waals surface area contributed by atoms with Gasteiger partial charge in [-0.05, 0) is 30.5 Å². The van der Waals surface area contributed by atoms with Crippen LogP contribution >= 0.6 is 0 Å². The lowest BCUT2D eigenvalue weighted by Gasteiger charge is -2.36. The summed E-state index contributed by atoms with van der Waals surface area (Å²) in [7, 11) is 0. The molecule has 0 N–H and O–H groups in total. The number of hydrogen-bond donors (Lipinski definition) is 0. The summed E-state index contributed by atoms with van der Waals surface area (Å²) in [5.41, 5.74) is 3.43. The van der Waals surface area contributed by atoms with Gasteiger partial charge in [0.2, 0.25) is 5.88 Å². The molecule has 1 aromatic carbocycles. The van der Waals surface area contributed by atoms with Crippen LogP contribution in [0.25, 0.3) is 11.0 Å². The fourth-order valence-electron chi connectivity index (χ4n) is 3.97. The van der Waals surface area contributed by atoms with E-state index in [1.807, 2.05) is 0 Å². The van der Waals surface area contributed by atoms with Crippen molar-refractivity contribution in [3.8, 4) is 5.88 Å². The minimum Gasteiger partial charge on any atom is -0.472 e. The summed E-state index contributed by atoms with van der Waals surface area (Å²) in [6.07, 6.45) is 10.1. The molecule has 3 heterocycles. The molecular weight excluding hydrogens is 326 g/mol. The summed E-state index contributed by atoms with van der Waals surface area (Å²) in [6.45, 7) is 3.78. The molecule has 0 spiro atoms. The molecule has 0 radical (unpaired) electrons. The first-order valence-corrected chi connectivity index (χ1v) is 9.48. The monoisotopic (exact) mass is 349 g/mol. The number of rotatable bonds is 4. The standard InChI is InChI=1S/C20H23N5O/c1-2-16(3-1)24-9-6-19-23-17-5-4-15(12-18(17)25(19)11-10-24)14-26-20-13-21-7-8-22-20/h4-5,7-8,12-13,16H,1-3,6,9-11,14H2. The number of ether oxygens (including phenoxy) is 1. The first-order chi connectivity index (χ1) is 12.9. The maximum atomic E-state index is 5.75. The lowest BCUT2D eigenvalue weighted by Crippen LogP contribution is -2.41. The number of nitrogens with zero attached hydrogens (tertiary/aromatic N) is 5. The molecule has 1 saturated carbocycles. The van der Waals surface area contributed by atoms with Crippen molar-refractivity contribution < 1.29 is 4.74 Å². The molecular formula is C20H23N5O. The molecule has 6 nitrogen and oxygen atoms in total. The molecule has 2 aliphatic rings. The molecule has 0 bridgehead atoms. The Kier molecular flexibility index (Phi) is 4.05. The Hall–Kier alpha value is -2.47. The highest BCUT2D eigenvalue weighted by molar-refractivity contribution is 5.77. The van der Waals surface area contributed by atoms with Crippen LogP contribution < -0.4 is 4.74 Å². The Morgan fingerprint density at radius 2 is 2.08 bits per heavy atom. The van der Waals surface area contributed by atoms with Gasteiger partial charge in [0.1, 0.15) is 12.4 Å². The van der Waals surface area contributed by atoms with Crippen LogP contribution in [0.5, 0.6) is 5.88 Å². The molecule has 1 aliphatic carbocycles. The first kappa shape index (κ1) is 15.8. The molecule has 6 heteroatoms.